The lowest BCUT2D eigenvalue weighted by Gasteiger charge is -2.42. The van der Waals surface area contributed by atoms with E-state index in [4.69, 9.17) is 19.5 Å². The summed E-state index contributed by atoms with van der Waals surface area (Å²) in [6.45, 7) is 18.5. The lowest BCUT2D eigenvalue weighted by Crippen LogP contribution is -2.58. The Morgan fingerprint density at radius 3 is 2.18 bits per heavy atom. The standard InChI is InChI=1S/C25H41BN2O3.CHNO/c1-19(29)27-25(22(2,3)4)16-21(28(18-25)17-20-12-10-9-11-13-20)14-15-26-30-23(5,6)24(7,8)31-26;2-1-3/h9-13,21H,14-18H2,1-8H3,(H,27,29);2H. The SMILES string of the molecule is CC(=O)NC1(C(C)(C)C)CC(CCB2OC(C)(C)C(C)(C)O2)N(Cc2ccccc2)C1.N=C=O. The van der Waals surface area contributed by atoms with Gasteiger partial charge in [0.2, 0.25) is 12.0 Å². The van der Waals surface area contributed by atoms with Gasteiger partial charge in [-0.1, -0.05) is 51.1 Å². The molecular weight excluding hydrogens is 429 g/mol. The fourth-order valence-electron chi connectivity index (χ4n) is 4.93. The van der Waals surface area contributed by atoms with Crippen LogP contribution in [-0.4, -0.2) is 53.3 Å². The van der Waals surface area contributed by atoms with Gasteiger partial charge in [-0.3, -0.25) is 9.69 Å². The highest BCUT2D eigenvalue weighted by atomic mass is 16.7. The second-order valence-corrected chi connectivity index (χ2v) is 11.6. The number of likely N-dealkylation sites (tertiary alicyclic amines) is 1. The van der Waals surface area contributed by atoms with Crippen molar-refractivity contribution in [1.82, 2.24) is 10.2 Å². The molecule has 8 heteroatoms. The Bertz CT molecular complexity index is 847. The molecule has 2 aliphatic heterocycles. The molecule has 0 aromatic heterocycles. The van der Waals surface area contributed by atoms with E-state index in [0.717, 1.165) is 38.3 Å². The van der Waals surface area contributed by atoms with Gasteiger partial charge in [-0.15, -0.1) is 0 Å². The maximum Gasteiger partial charge on any atom is 0.457 e. The Hall–Kier alpha value is -1.99. The summed E-state index contributed by atoms with van der Waals surface area (Å²) in [5.41, 5.74) is 0.391. The number of amides is 1. The average molecular weight is 471 g/mol. The van der Waals surface area contributed by atoms with Crippen LogP contribution >= 0.6 is 0 Å². The molecule has 2 unspecified atom stereocenters. The van der Waals surface area contributed by atoms with E-state index in [1.807, 2.05) is 0 Å². The first kappa shape index (κ1) is 28.3. The van der Waals surface area contributed by atoms with Crippen LogP contribution < -0.4 is 5.32 Å². The third-order valence-corrected chi connectivity index (χ3v) is 7.69. The van der Waals surface area contributed by atoms with Crippen molar-refractivity contribution in [3.8, 4) is 0 Å². The molecular formula is C26H42BN3O4. The number of rotatable bonds is 6. The van der Waals surface area contributed by atoms with Crippen LogP contribution in [0.3, 0.4) is 0 Å². The number of nitrogens with one attached hydrogen (secondary N) is 2. The second kappa shape index (κ2) is 10.7. The maximum absolute atomic E-state index is 12.2. The highest BCUT2D eigenvalue weighted by Crippen LogP contribution is 2.44. The molecule has 2 saturated heterocycles. The molecule has 0 aliphatic carbocycles. The number of hydrogen-bond donors (Lipinski definition) is 2. The van der Waals surface area contributed by atoms with E-state index in [-0.39, 0.29) is 35.2 Å². The van der Waals surface area contributed by atoms with Crippen LogP contribution in [0.2, 0.25) is 6.32 Å². The first-order valence-corrected chi connectivity index (χ1v) is 12.1. The highest BCUT2D eigenvalue weighted by Gasteiger charge is 2.53. The molecule has 0 spiro atoms. The van der Waals surface area contributed by atoms with E-state index in [0.29, 0.717) is 6.04 Å². The summed E-state index contributed by atoms with van der Waals surface area (Å²) < 4.78 is 12.5. The molecule has 2 aliphatic rings. The largest absolute Gasteiger partial charge is 0.457 e. The number of carbonyl (C=O) groups excluding carboxylic acids is 2. The summed E-state index contributed by atoms with van der Waals surface area (Å²) in [6, 6.07) is 11.0. The Kier molecular flexibility index (Phi) is 8.92. The third kappa shape index (κ3) is 6.57. The molecule has 2 heterocycles. The van der Waals surface area contributed by atoms with Crippen molar-refractivity contribution in [3.63, 3.8) is 0 Å². The van der Waals surface area contributed by atoms with E-state index in [9.17, 15) is 4.79 Å². The zero-order chi connectivity index (χ0) is 25.8. The Labute approximate surface area is 205 Å². The lowest BCUT2D eigenvalue weighted by atomic mass is 9.71. The van der Waals surface area contributed by atoms with Gasteiger partial charge in [-0.05, 0) is 57.8 Å². The Morgan fingerprint density at radius 1 is 1.18 bits per heavy atom. The molecule has 2 atom stereocenters. The summed E-state index contributed by atoms with van der Waals surface area (Å²) in [4.78, 5) is 23.1. The minimum absolute atomic E-state index is 0.0428. The number of benzene rings is 1. The van der Waals surface area contributed by atoms with Gasteiger partial charge in [-0.2, -0.15) is 0 Å². The molecule has 1 aromatic carbocycles. The zero-order valence-corrected chi connectivity index (χ0v) is 22.2. The Balaban J connectivity index is 0.00000129. The maximum atomic E-state index is 12.2. The molecule has 2 N–H and O–H groups in total. The summed E-state index contributed by atoms with van der Waals surface area (Å²) >= 11 is 0. The fourth-order valence-corrected chi connectivity index (χ4v) is 4.93. The van der Waals surface area contributed by atoms with Crippen molar-refractivity contribution in [3.05, 3.63) is 35.9 Å². The Morgan fingerprint density at radius 2 is 1.71 bits per heavy atom. The summed E-state index contributed by atoms with van der Waals surface area (Å²) in [6.07, 6.45) is 3.51. The van der Waals surface area contributed by atoms with Crippen LogP contribution in [-0.2, 0) is 25.4 Å². The predicted molar refractivity (Wildman–Crippen MR) is 135 cm³/mol. The van der Waals surface area contributed by atoms with Crippen molar-refractivity contribution < 1.29 is 18.9 Å². The lowest BCUT2D eigenvalue weighted by molar-refractivity contribution is -0.122. The van der Waals surface area contributed by atoms with Gasteiger partial charge in [-0.25, -0.2) is 10.2 Å². The van der Waals surface area contributed by atoms with Crippen LogP contribution in [0, 0.1) is 10.8 Å². The highest BCUT2D eigenvalue weighted by molar-refractivity contribution is 6.45. The molecule has 188 valence electrons. The number of nitrogens with zero attached hydrogens (tertiary/aromatic N) is 1. The van der Waals surface area contributed by atoms with E-state index in [2.05, 4.69) is 89.0 Å². The van der Waals surface area contributed by atoms with Gasteiger partial charge in [0.1, 0.15) is 0 Å². The van der Waals surface area contributed by atoms with E-state index in [1.54, 1.807) is 6.92 Å². The molecule has 0 saturated carbocycles. The third-order valence-electron chi connectivity index (χ3n) is 7.69. The van der Waals surface area contributed by atoms with Gasteiger partial charge in [0, 0.05) is 26.1 Å². The normalized spacial score (nSPS) is 25.9. The molecule has 3 rings (SSSR count). The summed E-state index contributed by atoms with van der Waals surface area (Å²) in [5.74, 6) is 0.0428. The van der Waals surface area contributed by atoms with Gasteiger partial charge in [0.15, 0.2) is 0 Å². The number of hydrogen-bond acceptors (Lipinski definition) is 6. The van der Waals surface area contributed by atoms with Crippen LogP contribution in [0.15, 0.2) is 30.3 Å². The van der Waals surface area contributed by atoms with Gasteiger partial charge < -0.3 is 14.6 Å². The smallest absolute Gasteiger partial charge is 0.403 e. The predicted octanol–water partition coefficient (Wildman–Crippen LogP) is 4.57. The first-order valence-electron chi connectivity index (χ1n) is 12.1. The molecule has 7 nitrogen and oxygen atoms in total. The molecule has 0 bridgehead atoms. The molecule has 1 aromatic rings. The quantitative estimate of drug-likeness (QED) is 0.361. The molecule has 2 fully saturated rings. The fraction of sp³-hybridized carbons (Fsp3) is 0.692. The van der Waals surface area contributed by atoms with Crippen molar-refractivity contribution >= 4 is 19.1 Å². The van der Waals surface area contributed by atoms with E-state index in [1.165, 1.54) is 5.56 Å². The summed E-state index contributed by atoms with van der Waals surface area (Å²) in [5, 5.41) is 8.75. The minimum atomic E-state index is -0.303. The minimum Gasteiger partial charge on any atom is -0.403 e. The number of isocyanates is 1. The van der Waals surface area contributed by atoms with Gasteiger partial charge in [0.25, 0.3) is 0 Å². The van der Waals surface area contributed by atoms with E-state index < -0.39 is 0 Å². The first-order chi connectivity index (χ1) is 15.7. The monoisotopic (exact) mass is 471 g/mol. The summed E-state index contributed by atoms with van der Waals surface area (Å²) in [7, 11) is -0.186. The van der Waals surface area contributed by atoms with Crippen LogP contribution in [0.25, 0.3) is 0 Å². The molecule has 0 radical (unpaired) electrons. The van der Waals surface area contributed by atoms with Crippen LogP contribution in [0.4, 0.5) is 0 Å². The van der Waals surface area contributed by atoms with Crippen molar-refractivity contribution in [1.29, 1.82) is 5.41 Å². The second-order valence-electron chi connectivity index (χ2n) is 11.6. The van der Waals surface area contributed by atoms with Crippen molar-refractivity contribution in [2.75, 3.05) is 6.54 Å². The molecule has 34 heavy (non-hydrogen) atoms. The van der Waals surface area contributed by atoms with Gasteiger partial charge in [0.05, 0.1) is 16.7 Å². The zero-order valence-electron chi connectivity index (χ0n) is 22.2. The topological polar surface area (TPSA) is 91.7 Å². The van der Waals surface area contributed by atoms with Crippen LogP contribution in [0.5, 0.6) is 0 Å². The van der Waals surface area contributed by atoms with Crippen molar-refractivity contribution in [2.24, 2.45) is 5.41 Å². The van der Waals surface area contributed by atoms with Crippen molar-refractivity contribution in [2.45, 2.75) is 104 Å². The average Bonchev–Trinajstić information content (AvgIpc) is 3.14. The van der Waals surface area contributed by atoms with Gasteiger partial charge >= 0.3 is 7.12 Å². The number of carbonyl (C=O) groups is 1. The molecule has 1 amide bonds. The van der Waals surface area contributed by atoms with Crippen LogP contribution in [0.1, 0.15) is 73.8 Å². The van der Waals surface area contributed by atoms with E-state index >= 15 is 0 Å².